The van der Waals surface area contributed by atoms with Crippen molar-refractivity contribution in [2.45, 2.75) is 6.92 Å². The van der Waals surface area contributed by atoms with Crippen molar-refractivity contribution in [3.05, 3.63) is 56.5 Å². The number of rotatable bonds is 2. The lowest BCUT2D eigenvalue weighted by atomic mass is 10.2. The van der Waals surface area contributed by atoms with Crippen molar-refractivity contribution in [1.29, 1.82) is 0 Å². The van der Waals surface area contributed by atoms with Crippen molar-refractivity contribution in [3.63, 3.8) is 0 Å². The third-order valence-electron chi connectivity index (χ3n) is 2.26. The third kappa shape index (κ3) is 2.84. The minimum absolute atomic E-state index is 0.0578. The first-order valence-electron chi connectivity index (χ1n) is 5.19. The van der Waals surface area contributed by atoms with Crippen molar-refractivity contribution in [2.75, 3.05) is 5.32 Å². The summed E-state index contributed by atoms with van der Waals surface area (Å²) >= 11 is 3.27. The van der Waals surface area contributed by atoms with Crippen LogP contribution in [0.25, 0.3) is 0 Å². The van der Waals surface area contributed by atoms with Gasteiger partial charge >= 0.3 is 0 Å². The fraction of sp³-hybridized carbons (Fsp3) is 0.0833. The molecule has 2 heterocycles. The summed E-state index contributed by atoms with van der Waals surface area (Å²) < 4.78 is 0.797. The lowest BCUT2D eigenvalue weighted by Gasteiger charge is -2.04. The second kappa shape index (κ2) is 5.14. The number of amides is 1. The molecule has 2 rings (SSSR count). The van der Waals surface area contributed by atoms with Crippen LogP contribution in [0.4, 0.5) is 5.82 Å². The molecule has 18 heavy (non-hydrogen) atoms. The van der Waals surface area contributed by atoms with Gasteiger partial charge in [0.2, 0.25) is 0 Å². The number of hydrogen-bond acceptors (Lipinski definition) is 3. The van der Waals surface area contributed by atoms with E-state index in [2.05, 4.69) is 31.2 Å². The van der Waals surface area contributed by atoms with Gasteiger partial charge in [-0.05, 0) is 31.2 Å². The lowest BCUT2D eigenvalue weighted by molar-refractivity contribution is 0.102. The van der Waals surface area contributed by atoms with Crippen LogP contribution in [0.3, 0.4) is 0 Å². The van der Waals surface area contributed by atoms with Crippen LogP contribution < -0.4 is 10.9 Å². The van der Waals surface area contributed by atoms with E-state index in [4.69, 9.17) is 0 Å². The molecule has 0 saturated heterocycles. The Labute approximate surface area is 111 Å². The summed E-state index contributed by atoms with van der Waals surface area (Å²) in [4.78, 5) is 30.0. The second-order valence-corrected chi connectivity index (χ2v) is 4.61. The number of pyridine rings is 2. The topological polar surface area (TPSA) is 74.8 Å². The fourth-order valence-electron chi connectivity index (χ4n) is 1.41. The van der Waals surface area contributed by atoms with E-state index < -0.39 is 11.5 Å². The maximum atomic E-state index is 11.9. The molecule has 5 nitrogen and oxygen atoms in total. The molecular formula is C12H10BrN3O2. The fourth-order valence-corrected chi connectivity index (χ4v) is 1.74. The molecule has 6 heteroatoms. The summed E-state index contributed by atoms with van der Waals surface area (Å²) in [7, 11) is 0. The highest BCUT2D eigenvalue weighted by molar-refractivity contribution is 9.10. The molecule has 0 saturated carbocycles. The van der Waals surface area contributed by atoms with E-state index in [0.29, 0.717) is 11.5 Å². The number of aromatic amines is 1. The first-order chi connectivity index (χ1) is 8.56. The van der Waals surface area contributed by atoms with Crippen LogP contribution in [0, 0.1) is 6.92 Å². The van der Waals surface area contributed by atoms with Crippen LogP contribution in [0.5, 0.6) is 0 Å². The molecule has 0 aliphatic heterocycles. The van der Waals surface area contributed by atoms with Crippen molar-refractivity contribution < 1.29 is 4.79 Å². The van der Waals surface area contributed by atoms with Gasteiger partial charge in [-0.25, -0.2) is 4.98 Å². The zero-order chi connectivity index (χ0) is 13.1. The Balaban J connectivity index is 2.25. The lowest BCUT2D eigenvalue weighted by Crippen LogP contribution is -2.23. The van der Waals surface area contributed by atoms with Crippen LogP contribution >= 0.6 is 15.9 Å². The SMILES string of the molecule is Cc1ccc(C(=O)Nc2cc(Br)ccn2)c(=O)[nH]1. The Morgan fingerprint density at radius 3 is 2.83 bits per heavy atom. The van der Waals surface area contributed by atoms with E-state index >= 15 is 0 Å². The van der Waals surface area contributed by atoms with Crippen molar-refractivity contribution >= 4 is 27.7 Å². The summed E-state index contributed by atoms with van der Waals surface area (Å²) in [6.45, 7) is 1.75. The van der Waals surface area contributed by atoms with Gasteiger partial charge in [-0.2, -0.15) is 0 Å². The minimum Gasteiger partial charge on any atom is -0.326 e. The quantitative estimate of drug-likeness (QED) is 0.892. The highest BCUT2D eigenvalue weighted by atomic mass is 79.9. The molecule has 0 spiro atoms. The predicted molar refractivity (Wildman–Crippen MR) is 71.7 cm³/mol. The van der Waals surface area contributed by atoms with E-state index in [9.17, 15) is 9.59 Å². The molecule has 1 amide bonds. The monoisotopic (exact) mass is 307 g/mol. The standard InChI is InChI=1S/C12H10BrN3O2/c1-7-2-3-9(11(17)15-7)12(18)16-10-6-8(13)4-5-14-10/h2-6H,1H3,(H,15,17)(H,14,16,18). The number of hydrogen-bond donors (Lipinski definition) is 2. The van der Waals surface area contributed by atoms with E-state index in [0.717, 1.165) is 4.47 Å². The summed E-state index contributed by atoms with van der Waals surface area (Å²) in [6, 6.07) is 6.56. The Kier molecular flexibility index (Phi) is 3.57. The number of halogens is 1. The highest BCUT2D eigenvalue weighted by Gasteiger charge is 2.11. The minimum atomic E-state index is -0.484. The van der Waals surface area contributed by atoms with Crippen LogP contribution in [-0.2, 0) is 0 Å². The molecule has 0 unspecified atom stereocenters. The molecule has 2 aromatic heterocycles. The smallest absolute Gasteiger partial charge is 0.262 e. The Bertz CT molecular complexity index is 652. The first-order valence-corrected chi connectivity index (χ1v) is 5.98. The van der Waals surface area contributed by atoms with E-state index in [-0.39, 0.29) is 5.56 Å². The molecule has 0 aliphatic rings. The van der Waals surface area contributed by atoms with E-state index in [1.54, 1.807) is 31.3 Å². The molecule has 0 aromatic carbocycles. The Morgan fingerprint density at radius 1 is 1.39 bits per heavy atom. The van der Waals surface area contributed by atoms with Gasteiger partial charge in [-0.3, -0.25) is 9.59 Å². The number of aryl methyl sites for hydroxylation is 1. The van der Waals surface area contributed by atoms with Crippen molar-refractivity contribution in [2.24, 2.45) is 0 Å². The number of anilines is 1. The predicted octanol–water partition coefficient (Wildman–Crippen LogP) is 2.09. The van der Waals surface area contributed by atoms with Gasteiger partial charge in [-0.15, -0.1) is 0 Å². The number of nitrogens with one attached hydrogen (secondary N) is 2. The van der Waals surface area contributed by atoms with E-state index in [1.807, 2.05) is 0 Å². The van der Waals surface area contributed by atoms with Gasteiger partial charge in [0.25, 0.3) is 11.5 Å². The zero-order valence-electron chi connectivity index (χ0n) is 9.53. The zero-order valence-corrected chi connectivity index (χ0v) is 11.1. The Hall–Kier alpha value is -1.95. The van der Waals surface area contributed by atoms with Crippen LogP contribution in [-0.4, -0.2) is 15.9 Å². The molecule has 92 valence electrons. The van der Waals surface area contributed by atoms with E-state index in [1.165, 1.54) is 6.07 Å². The number of nitrogens with zero attached hydrogens (tertiary/aromatic N) is 1. The number of aromatic nitrogens is 2. The second-order valence-electron chi connectivity index (χ2n) is 3.70. The average molecular weight is 308 g/mol. The van der Waals surface area contributed by atoms with Crippen LogP contribution in [0.15, 0.2) is 39.7 Å². The molecule has 0 fully saturated rings. The summed E-state index contributed by atoms with van der Waals surface area (Å²) in [5, 5.41) is 2.56. The maximum absolute atomic E-state index is 11.9. The highest BCUT2D eigenvalue weighted by Crippen LogP contribution is 2.13. The number of carbonyl (C=O) groups excluding carboxylic acids is 1. The first kappa shape index (κ1) is 12.5. The molecule has 2 aromatic rings. The van der Waals surface area contributed by atoms with Gasteiger partial charge in [-0.1, -0.05) is 15.9 Å². The van der Waals surface area contributed by atoms with Gasteiger partial charge in [0.1, 0.15) is 11.4 Å². The largest absolute Gasteiger partial charge is 0.326 e. The molecule has 0 bridgehead atoms. The number of carbonyl (C=O) groups is 1. The van der Waals surface area contributed by atoms with Crippen LogP contribution in [0.1, 0.15) is 16.1 Å². The third-order valence-corrected chi connectivity index (χ3v) is 2.76. The molecule has 0 atom stereocenters. The summed E-state index contributed by atoms with van der Waals surface area (Å²) in [6.07, 6.45) is 1.55. The van der Waals surface area contributed by atoms with Crippen LogP contribution in [0.2, 0.25) is 0 Å². The summed E-state index contributed by atoms with van der Waals surface area (Å²) in [5.41, 5.74) is 0.349. The van der Waals surface area contributed by atoms with Gasteiger partial charge in [0, 0.05) is 16.4 Å². The molecule has 2 N–H and O–H groups in total. The van der Waals surface area contributed by atoms with Crippen molar-refractivity contribution in [1.82, 2.24) is 9.97 Å². The molecule has 0 radical (unpaired) electrons. The van der Waals surface area contributed by atoms with Crippen molar-refractivity contribution in [3.8, 4) is 0 Å². The molecular weight excluding hydrogens is 298 g/mol. The van der Waals surface area contributed by atoms with Gasteiger partial charge in [0.15, 0.2) is 0 Å². The normalized spacial score (nSPS) is 10.1. The average Bonchev–Trinajstić information content (AvgIpc) is 2.28. The number of H-pyrrole nitrogens is 1. The maximum Gasteiger partial charge on any atom is 0.262 e. The molecule has 0 aliphatic carbocycles. The summed E-state index contributed by atoms with van der Waals surface area (Å²) in [5.74, 6) is -0.101. The van der Waals surface area contributed by atoms with Gasteiger partial charge < -0.3 is 10.3 Å². The Morgan fingerprint density at radius 2 is 2.17 bits per heavy atom. The van der Waals surface area contributed by atoms with Gasteiger partial charge in [0.05, 0.1) is 0 Å².